The molecule has 0 unspecified atom stereocenters. The molecule has 5 nitrogen and oxygen atoms in total. The van der Waals surface area contributed by atoms with Crippen molar-refractivity contribution in [2.24, 2.45) is 5.73 Å². The van der Waals surface area contributed by atoms with E-state index in [1.54, 1.807) is 18.3 Å². The van der Waals surface area contributed by atoms with Crippen LogP contribution in [0.25, 0.3) is 0 Å². The monoisotopic (exact) mass is 295 g/mol. The number of nitrogens with zero attached hydrogens (tertiary/aromatic N) is 2. The van der Waals surface area contributed by atoms with Crippen LogP contribution < -0.4 is 11.1 Å². The van der Waals surface area contributed by atoms with Crippen LogP contribution in [-0.2, 0) is 6.42 Å². The Morgan fingerprint density at radius 3 is 3.00 bits per heavy atom. The summed E-state index contributed by atoms with van der Waals surface area (Å²) in [6.07, 6.45) is 7.32. The van der Waals surface area contributed by atoms with Crippen LogP contribution in [0, 0.1) is 17.8 Å². The van der Waals surface area contributed by atoms with E-state index >= 15 is 0 Å². The Morgan fingerprint density at radius 2 is 2.42 bits per heavy atom. The highest BCUT2D eigenvalue weighted by Gasteiger charge is 2.13. The van der Waals surface area contributed by atoms with Crippen molar-refractivity contribution in [1.82, 2.24) is 15.2 Å². The van der Waals surface area contributed by atoms with Crippen molar-refractivity contribution < 1.29 is 0 Å². The number of guanidine groups is 1. The maximum atomic E-state index is 7.51. The van der Waals surface area contributed by atoms with Gasteiger partial charge in [0.15, 0.2) is 11.1 Å². The van der Waals surface area contributed by atoms with Gasteiger partial charge in [-0.25, -0.2) is 0 Å². The Kier molecular flexibility index (Phi) is 6.06. The SMILES string of the molecule is C#CCNC(=S)N(CCc1ncccc1Cl)C(=N)N. The molecule has 100 valence electrons. The summed E-state index contributed by atoms with van der Waals surface area (Å²) >= 11 is 11.1. The summed E-state index contributed by atoms with van der Waals surface area (Å²) < 4.78 is 0. The fourth-order valence-electron chi connectivity index (χ4n) is 1.37. The molecule has 4 N–H and O–H groups in total. The third-order valence-electron chi connectivity index (χ3n) is 2.28. The molecule has 0 amide bonds. The third kappa shape index (κ3) is 4.73. The van der Waals surface area contributed by atoms with E-state index < -0.39 is 0 Å². The molecular weight excluding hydrogens is 282 g/mol. The lowest BCUT2D eigenvalue weighted by atomic mass is 10.2. The Bertz CT molecular complexity index is 511. The first-order chi connectivity index (χ1) is 9.06. The summed E-state index contributed by atoms with van der Waals surface area (Å²) in [5.74, 6) is 2.25. The van der Waals surface area contributed by atoms with Crippen LogP contribution in [0.15, 0.2) is 18.3 Å². The van der Waals surface area contributed by atoms with Gasteiger partial charge >= 0.3 is 0 Å². The average Bonchev–Trinajstić information content (AvgIpc) is 2.38. The Hall–Kier alpha value is -1.84. The van der Waals surface area contributed by atoms with Gasteiger partial charge in [0.05, 0.1) is 17.3 Å². The molecule has 1 heterocycles. The smallest absolute Gasteiger partial charge is 0.194 e. The lowest BCUT2D eigenvalue weighted by molar-refractivity contribution is 0.580. The van der Waals surface area contributed by atoms with Gasteiger partial charge < -0.3 is 11.1 Å². The lowest BCUT2D eigenvalue weighted by Crippen LogP contribution is -2.47. The van der Waals surface area contributed by atoms with E-state index in [2.05, 4.69) is 16.2 Å². The van der Waals surface area contributed by atoms with Crippen LogP contribution >= 0.6 is 23.8 Å². The third-order valence-corrected chi connectivity index (χ3v) is 2.99. The van der Waals surface area contributed by atoms with Gasteiger partial charge in [-0.2, -0.15) is 0 Å². The first kappa shape index (κ1) is 15.2. The van der Waals surface area contributed by atoms with Gasteiger partial charge in [-0.1, -0.05) is 17.5 Å². The number of hydrogen-bond donors (Lipinski definition) is 3. The summed E-state index contributed by atoms with van der Waals surface area (Å²) in [6.45, 7) is 0.690. The van der Waals surface area contributed by atoms with Crippen molar-refractivity contribution in [2.75, 3.05) is 13.1 Å². The van der Waals surface area contributed by atoms with Crippen molar-refractivity contribution in [1.29, 1.82) is 5.41 Å². The molecule has 0 spiro atoms. The summed E-state index contributed by atoms with van der Waals surface area (Å²) in [6, 6.07) is 3.52. The Balaban J connectivity index is 2.65. The lowest BCUT2D eigenvalue weighted by Gasteiger charge is -2.23. The van der Waals surface area contributed by atoms with Crippen LogP contribution in [0.2, 0.25) is 5.02 Å². The molecule has 0 atom stereocenters. The molecule has 1 aromatic heterocycles. The minimum absolute atomic E-state index is 0.151. The molecule has 0 saturated heterocycles. The van der Waals surface area contributed by atoms with E-state index in [9.17, 15) is 0 Å². The van der Waals surface area contributed by atoms with Crippen LogP contribution in [0.5, 0.6) is 0 Å². The molecule has 7 heteroatoms. The highest BCUT2D eigenvalue weighted by Crippen LogP contribution is 2.12. The first-order valence-corrected chi connectivity index (χ1v) is 6.27. The second-order valence-electron chi connectivity index (χ2n) is 3.58. The number of terminal acetylenes is 1. The highest BCUT2D eigenvalue weighted by atomic mass is 35.5. The number of nitrogens with one attached hydrogen (secondary N) is 2. The van der Waals surface area contributed by atoms with E-state index in [1.165, 1.54) is 4.90 Å². The topological polar surface area (TPSA) is 78.0 Å². The minimum atomic E-state index is -0.151. The van der Waals surface area contributed by atoms with Crippen molar-refractivity contribution in [3.8, 4) is 12.3 Å². The number of halogens is 1. The molecule has 0 saturated carbocycles. The molecular formula is C12H14ClN5S. The summed E-state index contributed by atoms with van der Waals surface area (Å²) in [7, 11) is 0. The van der Waals surface area contributed by atoms with E-state index in [4.69, 9.17) is 41.4 Å². The molecule has 0 aliphatic carbocycles. The summed E-state index contributed by atoms with van der Waals surface area (Å²) in [5.41, 5.74) is 6.22. The molecule has 1 rings (SSSR count). The average molecular weight is 296 g/mol. The van der Waals surface area contributed by atoms with Crippen molar-refractivity contribution in [3.05, 3.63) is 29.0 Å². The predicted molar refractivity (Wildman–Crippen MR) is 81.0 cm³/mol. The quantitative estimate of drug-likeness (QED) is 0.334. The second-order valence-corrected chi connectivity index (χ2v) is 4.38. The van der Waals surface area contributed by atoms with Gasteiger partial charge in [0.25, 0.3) is 0 Å². The number of pyridine rings is 1. The van der Waals surface area contributed by atoms with E-state index in [0.717, 1.165) is 5.69 Å². The number of rotatable bonds is 4. The van der Waals surface area contributed by atoms with Crippen molar-refractivity contribution in [3.63, 3.8) is 0 Å². The predicted octanol–water partition coefficient (Wildman–Crippen LogP) is 0.981. The molecule has 0 aliphatic rings. The Labute approximate surface area is 122 Å². The first-order valence-electron chi connectivity index (χ1n) is 5.48. The van der Waals surface area contributed by atoms with Gasteiger partial charge in [0.1, 0.15) is 0 Å². The standard InChI is InChI=1S/C12H14ClN5S/c1-2-6-17-12(19)18(11(14)15)8-5-10-9(13)4-3-7-16-10/h1,3-4,7H,5-6,8H2,(H3,14,15)(H,17,19). The van der Waals surface area contributed by atoms with E-state index in [1.807, 2.05) is 0 Å². The normalized spacial score (nSPS) is 9.47. The highest BCUT2D eigenvalue weighted by molar-refractivity contribution is 7.80. The van der Waals surface area contributed by atoms with Gasteiger partial charge in [-0.3, -0.25) is 15.3 Å². The van der Waals surface area contributed by atoms with Gasteiger partial charge in [-0.05, 0) is 24.4 Å². The van der Waals surface area contributed by atoms with Crippen LogP contribution in [-0.4, -0.2) is 34.0 Å². The Morgan fingerprint density at radius 1 is 1.68 bits per heavy atom. The largest absolute Gasteiger partial charge is 0.370 e. The fourth-order valence-corrected chi connectivity index (χ4v) is 1.85. The summed E-state index contributed by atoms with van der Waals surface area (Å²) in [4.78, 5) is 5.61. The molecule has 19 heavy (non-hydrogen) atoms. The molecule has 0 aliphatic heterocycles. The zero-order chi connectivity index (χ0) is 14.3. The second kappa shape index (κ2) is 7.56. The maximum absolute atomic E-state index is 7.51. The number of nitrogens with two attached hydrogens (primary N) is 1. The van der Waals surface area contributed by atoms with Gasteiger partial charge in [0, 0.05) is 19.2 Å². The number of aromatic nitrogens is 1. The van der Waals surface area contributed by atoms with E-state index in [0.29, 0.717) is 23.1 Å². The van der Waals surface area contributed by atoms with Crippen LogP contribution in [0.4, 0.5) is 0 Å². The zero-order valence-electron chi connectivity index (χ0n) is 10.2. The van der Waals surface area contributed by atoms with Gasteiger partial charge in [0.2, 0.25) is 0 Å². The summed E-state index contributed by atoms with van der Waals surface area (Å²) in [5, 5.41) is 11.2. The number of thiocarbonyl (C=S) groups is 1. The van der Waals surface area contributed by atoms with Crippen molar-refractivity contribution in [2.45, 2.75) is 6.42 Å². The zero-order valence-corrected chi connectivity index (χ0v) is 11.8. The molecule has 0 aromatic carbocycles. The van der Waals surface area contributed by atoms with E-state index in [-0.39, 0.29) is 12.5 Å². The van der Waals surface area contributed by atoms with Crippen molar-refractivity contribution >= 4 is 34.9 Å². The van der Waals surface area contributed by atoms with Gasteiger partial charge in [-0.15, -0.1) is 6.42 Å². The maximum Gasteiger partial charge on any atom is 0.194 e. The molecule has 1 aromatic rings. The number of hydrogen-bond acceptors (Lipinski definition) is 3. The molecule has 0 bridgehead atoms. The molecule has 0 fully saturated rings. The molecule has 0 radical (unpaired) electrons. The van der Waals surface area contributed by atoms with Crippen LogP contribution in [0.1, 0.15) is 5.69 Å². The van der Waals surface area contributed by atoms with Crippen LogP contribution in [0.3, 0.4) is 0 Å². The fraction of sp³-hybridized carbons (Fsp3) is 0.250. The minimum Gasteiger partial charge on any atom is -0.370 e.